The molecule has 4 rings (SSSR count). The van der Waals surface area contributed by atoms with Gasteiger partial charge in [0.25, 0.3) is 0 Å². The third-order valence-electron chi connectivity index (χ3n) is 3.87. The molecule has 0 spiro atoms. The molecule has 0 aliphatic heterocycles. The van der Waals surface area contributed by atoms with Crippen molar-refractivity contribution in [3.8, 4) is 0 Å². The molecule has 0 saturated heterocycles. The van der Waals surface area contributed by atoms with E-state index in [1.165, 1.54) is 11.9 Å². The van der Waals surface area contributed by atoms with E-state index < -0.39 is 0 Å². The Hall–Kier alpha value is -3.22. The Labute approximate surface area is 138 Å². The standard InChI is InChI=1S/C17H17N7/c1-11-6-12(2)24(23-11)9-13-4-3-5-14(7-13)21-16-15-8-20-22-17(15)19-10-18-16/h3-8,10H,9H2,1-2H3,(H2,18,19,20,21,22). The number of rotatable bonds is 4. The second-order valence-electron chi connectivity index (χ2n) is 5.76. The minimum atomic E-state index is 0.714. The molecule has 0 unspecified atom stereocenters. The lowest BCUT2D eigenvalue weighted by atomic mass is 10.2. The summed E-state index contributed by atoms with van der Waals surface area (Å²) < 4.78 is 2.01. The zero-order valence-corrected chi connectivity index (χ0v) is 13.5. The van der Waals surface area contributed by atoms with E-state index in [2.05, 4.69) is 55.7 Å². The number of benzene rings is 1. The summed E-state index contributed by atoms with van der Waals surface area (Å²) in [7, 11) is 0. The summed E-state index contributed by atoms with van der Waals surface area (Å²) in [6.45, 7) is 4.81. The average Bonchev–Trinajstić information content (AvgIpc) is 3.15. The van der Waals surface area contributed by atoms with E-state index in [1.54, 1.807) is 6.20 Å². The third kappa shape index (κ3) is 2.71. The molecule has 0 bridgehead atoms. The summed E-state index contributed by atoms with van der Waals surface area (Å²) in [5.74, 6) is 0.733. The van der Waals surface area contributed by atoms with Gasteiger partial charge in [-0.3, -0.25) is 9.78 Å². The molecule has 2 N–H and O–H groups in total. The van der Waals surface area contributed by atoms with Crippen molar-refractivity contribution < 1.29 is 0 Å². The van der Waals surface area contributed by atoms with Crippen molar-refractivity contribution in [2.45, 2.75) is 20.4 Å². The summed E-state index contributed by atoms with van der Waals surface area (Å²) in [6.07, 6.45) is 3.24. The number of aromatic amines is 1. The monoisotopic (exact) mass is 319 g/mol. The van der Waals surface area contributed by atoms with Gasteiger partial charge in [-0.25, -0.2) is 9.97 Å². The number of hydrogen-bond acceptors (Lipinski definition) is 5. The van der Waals surface area contributed by atoms with Gasteiger partial charge in [-0.15, -0.1) is 0 Å². The Bertz CT molecular complexity index is 999. The topological polar surface area (TPSA) is 84.3 Å². The lowest BCUT2D eigenvalue weighted by Gasteiger charge is -2.09. The first kappa shape index (κ1) is 14.4. The van der Waals surface area contributed by atoms with Crippen LogP contribution in [0.2, 0.25) is 0 Å². The highest BCUT2D eigenvalue weighted by Crippen LogP contribution is 2.22. The average molecular weight is 319 g/mol. The van der Waals surface area contributed by atoms with Crippen molar-refractivity contribution in [2.75, 3.05) is 5.32 Å². The number of hydrogen-bond donors (Lipinski definition) is 2. The maximum absolute atomic E-state index is 4.52. The van der Waals surface area contributed by atoms with Crippen LogP contribution in [0.15, 0.2) is 42.9 Å². The quantitative estimate of drug-likeness (QED) is 0.604. The largest absolute Gasteiger partial charge is 0.340 e. The smallest absolute Gasteiger partial charge is 0.160 e. The van der Waals surface area contributed by atoms with Crippen LogP contribution in [0.4, 0.5) is 11.5 Å². The number of anilines is 2. The van der Waals surface area contributed by atoms with Gasteiger partial charge in [0.05, 0.1) is 23.8 Å². The maximum atomic E-state index is 4.52. The molecule has 3 heterocycles. The summed E-state index contributed by atoms with van der Waals surface area (Å²) >= 11 is 0. The molecular formula is C17H17N7. The molecule has 7 nitrogen and oxygen atoms in total. The van der Waals surface area contributed by atoms with Gasteiger partial charge in [-0.1, -0.05) is 12.1 Å². The van der Waals surface area contributed by atoms with Crippen LogP contribution in [-0.4, -0.2) is 29.9 Å². The van der Waals surface area contributed by atoms with Gasteiger partial charge in [-0.05, 0) is 37.6 Å². The summed E-state index contributed by atoms with van der Waals surface area (Å²) in [6, 6.07) is 10.3. The fourth-order valence-electron chi connectivity index (χ4n) is 2.76. The van der Waals surface area contributed by atoms with Crippen LogP contribution >= 0.6 is 0 Å². The van der Waals surface area contributed by atoms with E-state index in [1.807, 2.05) is 23.7 Å². The van der Waals surface area contributed by atoms with Crippen molar-refractivity contribution in [1.29, 1.82) is 0 Å². The first-order valence-electron chi connectivity index (χ1n) is 7.70. The highest BCUT2D eigenvalue weighted by Gasteiger charge is 2.07. The third-order valence-corrected chi connectivity index (χ3v) is 3.87. The van der Waals surface area contributed by atoms with Crippen LogP contribution in [0.5, 0.6) is 0 Å². The Balaban J connectivity index is 1.61. The fourth-order valence-corrected chi connectivity index (χ4v) is 2.76. The molecule has 4 aromatic rings. The number of fused-ring (bicyclic) bond motifs is 1. The molecule has 3 aromatic heterocycles. The van der Waals surface area contributed by atoms with Crippen molar-refractivity contribution >= 4 is 22.5 Å². The van der Waals surface area contributed by atoms with E-state index >= 15 is 0 Å². The molecule has 24 heavy (non-hydrogen) atoms. The summed E-state index contributed by atoms with van der Waals surface area (Å²) in [4.78, 5) is 8.45. The summed E-state index contributed by atoms with van der Waals surface area (Å²) in [5.41, 5.74) is 5.04. The van der Waals surface area contributed by atoms with E-state index in [9.17, 15) is 0 Å². The lowest BCUT2D eigenvalue weighted by molar-refractivity contribution is 0.659. The predicted octanol–water partition coefficient (Wildman–Crippen LogP) is 2.96. The van der Waals surface area contributed by atoms with Crippen LogP contribution < -0.4 is 5.32 Å². The molecule has 0 aliphatic carbocycles. The first-order valence-corrected chi connectivity index (χ1v) is 7.70. The van der Waals surface area contributed by atoms with Gasteiger partial charge in [-0.2, -0.15) is 10.2 Å². The van der Waals surface area contributed by atoms with Crippen molar-refractivity contribution in [3.63, 3.8) is 0 Å². The van der Waals surface area contributed by atoms with Crippen LogP contribution in [-0.2, 0) is 6.54 Å². The van der Waals surface area contributed by atoms with E-state index in [4.69, 9.17) is 0 Å². The van der Waals surface area contributed by atoms with E-state index in [0.717, 1.165) is 34.8 Å². The number of nitrogens with one attached hydrogen (secondary N) is 2. The highest BCUT2D eigenvalue weighted by atomic mass is 15.3. The van der Waals surface area contributed by atoms with Crippen molar-refractivity contribution in [3.05, 3.63) is 59.8 Å². The highest BCUT2D eigenvalue weighted by molar-refractivity contribution is 5.87. The van der Waals surface area contributed by atoms with Gasteiger partial charge >= 0.3 is 0 Å². The molecule has 0 aliphatic rings. The van der Waals surface area contributed by atoms with E-state index in [0.29, 0.717) is 5.65 Å². The zero-order chi connectivity index (χ0) is 16.5. The Morgan fingerprint density at radius 3 is 2.92 bits per heavy atom. The van der Waals surface area contributed by atoms with Gasteiger partial charge in [0.2, 0.25) is 0 Å². The molecular weight excluding hydrogens is 302 g/mol. The normalized spacial score (nSPS) is 11.1. The Morgan fingerprint density at radius 2 is 2.08 bits per heavy atom. The van der Waals surface area contributed by atoms with Gasteiger partial charge in [0, 0.05) is 11.4 Å². The van der Waals surface area contributed by atoms with Gasteiger partial charge in [0.1, 0.15) is 12.1 Å². The SMILES string of the molecule is Cc1cc(C)n(Cc2cccc(Nc3ncnc4[nH]ncc34)c2)n1. The lowest BCUT2D eigenvalue weighted by Crippen LogP contribution is -2.04. The number of aromatic nitrogens is 6. The molecule has 0 atom stereocenters. The van der Waals surface area contributed by atoms with Crippen LogP contribution in [0.3, 0.4) is 0 Å². The number of aryl methyl sites for hydroxylation is 2. The molecule has 0 fully saturated rings. The first-order chi connectivity index (χ1) is 11.7. The summed E-state index contributed by atoms with van der Waals surface area (Å²) in [5, 5.41) is 15.6. The fraction of sp³-hybridized carbons (Fsp3) is 0.176. The minimum Gasteiger partial charge on any atom is -0.340 e. The second kappa shape index (κ2) is 5.77. The molecule has 0 saturated carbocycles. The van der Waals surface area contributed by atoms with Gasteiger partial charge < -0.3 is 5.32 Å². The van der Waals surface area contributed by atoms with Crippen molar-refractivity contribution in [2.24, 2.45) is 0 Å². The van der Waals surface area contributed by atoms with Crippen LogP contribution in [0.25, 0.3) is 11.0 Å². The van der Waals surface area contributed by atoms with Gasteiger partial charge in [0.15, 0.2) is 5.65 Å². The number of H-pyrrole nitrogens is 1. The minimum absolute atomic E-state index is 0.714. The molecule has 0 amide bonds. The predicted molar refractivity (Wildman–Crippen MR) is 92.2 cm³/mol. The Kier molecular flexibility index (Phi) is 3.45. The van der Waals surface area contributed by atoms with E-state index in [-0.39, 0.29) is 0 Å². The zero-order valence-electron chi connectivity index (χ0n) is 13.5. The molecule has 120 valence electrons. The van der Waals surface area contributed by atoms with Crippen LogP contribution in [0.1, 0.15) is 17.0 Å². The Morgan fingerprint density at radius 1 is 1.17 bits per heavy atom. The molecule has 7 heteroatoms. The number of nitrogens with zero attached hydrogens (tertiary/aromatic N) is 5. The maximum Gasteiger partial charge on any atom is 0.160 e. The molecule has 1 aromatic carbocycles. The van der Waals surface area contributed by atoms with Crippen LogP contribution in [0, 0.1) is 13.8 Å². The van der Waals surface area contributed by atoms with Crippen molar-refractivity contribution in [1.82, 2.24) is 29.9 Å². The molecule has 0 radical (unpaired) electrons. The second-order valence-corrected chi connectivity index (χ2v) is 5.76.